The molecule has 7 nitrogen and oxygen atoms in total. The second kappa shape index (κ2) is 11.9. The highest BCUT2D eigenvalue weighted by atomic mass is 16.5. The summed E-state index contributed by atoms with van der Waals surface area (Å²) in [6.45, 7) is 0.909. The molecule has 0 spiro atoms. The zero-order valence-electron chi connectivity index (χ0n) is 16.9. The van der Waals surface area contributed by atoms with E-state index in [1.807, 2.05) is 0 Å². The number of para-hydroxylation sites is 1. The van der Waals surface area contributed by atoms with Crippen LogP contribution in [0.5, 0.6) is 11.5 Å². The average Bonchev–Trinajstić information content (AvgIpc) is 2.77. The van der Waals surface area contributed by atoms with Crippen molar-refractivity contribution in [2.45, 2.75) is 0 Å². The van der Waals surface area contributed by atoms with Crippen molar-refractivity contribution in [2.75, 3.05) is 39.3 Å². The Balaban J connectivity index is 2.06. The SMILES string of the molecule is C#CCOc1ccc(/C=C/C(=O)Nc2ccccc2C(=O)NCCOC)cc1OC. The van der Waals surface area contributed by atoms with Gasteiger partial charge in [0.15, 0.2) is 11.5 Å². The summed E-state index contributed by atoms with van der Waals surface area (Å²) in [5, 5.41) is 5.46. The highest BCUT2D eigenvalue weighted by molar-refractivity contribution is 6.07. The Hall–Kier alpha value is -3.76. The highest BCUT2D eigenvalue weighted by Gasteiger charge is 2.12. The number of methoxy groups -OCH3 is 2. The summed E-state index contributed by atoms with van der Waals surface area (Å²) in [5.41, 5.74) is 1.52. The molecule has 0 radical (unpaired) electrons. The molecule has 156 valence electrons. The van der Waals surface area contributed by atoms with Gasteiger partial charge in [0.1, 0.15) is 6.61 Å². The standard InChI is InChI=1S/C23H24N2O5/c1-4-14-30-20-11-9-17(16-21(20)29-3)10-12-22(26)25-19-8-6-5-7-18(19)23(27)24-13-15-28-2/h1,5-12,16H,13-15H2,2-3H3,(H,24,27)(H,25,26)/b12-10+. The third-order valence-electron chi connectivity index (χ3n) is 3.95. The zero-order chi connectivity index (χ0) is 21.8. The van der Waals surface area contributed by atoms with Gasteiger partial charge in [-0.25, -0.2) is 0 Å². The maximum atomic E-state index is 12.4. The molecule has 2 N–H and O–H groups in total. The molecule has 0 bridgehead atoms. The lowest BCUT2D eigenvalue weighted by Gasteiger charge is -2.10. The van der Waals surface area contributed by atoms with Crippen molar-refractivity contribution in [1.29, 1.82) is 0 Å². The van der Waals surface area contributed by atoms with E-state index in [1.165, 1.54) is 13.2 Å². The summed E-state index contributed by atoms with van der Waals surface area (Å²) in [4.78, 5) is 24.7. The van der Waals surface area contributed by atoms with Crippen LogP contribution < -0.4 is 20.1 Å². The summed E-state index contributed by atoms with van der Waals surface area (Å²) < 4.78 is 15.6. The number of hydrogen-bond donors (Lipinski definition) is 2. The van der Waals surface area contributed by atoms with Crippen molar-refractivity contribution >= 4 is 23.6 Å². The van der Waals surface area contributed by atoms with Gasteiger partial charge < -0.3 is 24.8 Å². The van der Waals surface area contributed by atoms with Crippen LogP contribution in [-0.4, -0.2) is 45.8 Å². The third kappa shape index (κ3) is 6.69. The molecule has 2 rings (SSSR count). The number of anilines is 1. The van der Waals surface area contributed by atoms with E-state index in [2.05, 4.69) is 16.6 Å². The lowest BCUT2D eigenvalue weighted by Crippen LogP contribution is -2.28. The van der Waals surface area contributed by atoms with E-state index in [1.54, 1.807) is 55.7 Å². The van der Waals surface area contributed by atoms with Crippen molar-refractivity contribution < 1.29 is 23.8 Å². The van der Waals surface area contributed by atoms with Gasteiger partial charge in [-0.05, 0) is 35.9 Å². The number of carbonyl (C=O) groups is 2. The fourth-order valence-electron chi connectivity index (χ4n) is 2.52. The molecule has 0 fully saturated rings. The first-order valence-electron chi connectivity index (χ1n) is 9.18. The number of carbonyl (C=O) groups excluding carboxylic acids is 2. The second-order valence-electron chi connectivity index (χ2n) is 6.02. The smallest absolute Gasteiger partial charge is 0.253 e. The summed E-state index contributed by atoms with van der Waals surface area (Å²) in [7, 11) is 3.08. The van der Waals surface area contributed by atoms with Gasteiger partial charge in [0.05, 0.1) is 25.0 Å². The molecule has 2 aromatic rings. The number of rotatable bonds is 10. The lowest BCUT2D eigenvalue weighted by molar-refractivity contribution is -0.111. The predicted octanol–water partition coefficient (Wildman–Crippen LogP) is 2.74. The summed E-state index contributed by atoms with van der Waals surface area (Å²) >= 11 is 0. The zero-order valence-corrected chi connectivity index (χ0v) is 16.9. The van der Waals surface area contributed by atoms with Gasteiger partial charge in [0, 0.05) is 19.7 Å². The average molecular weight is 408 g/mol. The summed E-state index contributed by atoms with van der Waals surface area (Å²) in [5.74, 6) is 2.75. The molecule has 0 atom stereocenters. The minimum atomic E-state index is -0.376. The van der Waals surface area contributed by atoms with Crippen LogP contribution >= 0.6 is 0 Å². The predicted molar refractivity (Wildman–Crippen MR) is 116 cm³/mol. The van der Waals surface area contributed by atoms with E-state index in [-0.39, 0.29) is 18.4 Å². The van der Waals surface area contributed by atoms with E-state index in [9.17, 15) is 9.59 Å². The molecule has 0 saturated heterocycles. The quantitative estimate of drug-likeness (QED) is 0.359. The van der Waals surface area contributed by atoms with Crippen molar-refractivity contribution in [3.63, 3.8) is 0 Å². The van der Waals surface area contributed by atoms with Crippen molar-refractivity contribution in [2.24, 2.45) is 0 Å². The Morgan fingerprint density at radius 3 is 2.67 bits per heavy atom. The van der Waals surface area contributed by atoms with Gasteiger partial charge in [-0.3, -0.25) is 9.59 Å². The van der Waals surface area contributed by atoms with E-state index in [4.69, 9.17) is 20.6 Å². The van der Waals surface area contributed by atoms with Crippen LogP contribution in [0.4, 0.5) is 5.69 Å². The number of ether oxygens (including phenoxy) is 3. The fraction of sp³-hybridized carbons (Fsp3) is 0.217. The molecule has 30 heavy (non-hydrogen) atoms. The van der Waals surface area contributed by atoms with Crippen molar-refractivity contribution in [1.82, 2.24) is 5.32 Å². The number of amides is 2. The van der Waals surface area contributed by atoms with Crippen molar-refractivity contribution in [3.8, 4) is 23.8 Å². The fourth-order valence-corrected chi connectivity index (χ4v) is 2.52. The molecule has 2 amide bonds. The van der Waals surface area contributed by atoms with Crippen LogP contribution in [0.15, 0.2) is 48.5 Å². The topological polar surface area (TPSA) is 85.9 Å². The molecule has 0 unspecified atom stereocenters. The number of benzene rings is 2. The van der Waals surface area contributed by atoms with Gasteiger partial charge >= 0.3 is 0 Å². The third-order valence-corrected chi connectivity index (χ3v) is 3.95. The van der Waals surface area contributed by atoms with Gasteiger partial charge in [-0.15, -0.1) is 6.42 Å². The van der Waals surface area contributed by atoms with E-state index < -0.39 is 0 Å². The van der Waals surface area contributed by atoms with Crippen molar-refractivity contribution in [3.05, 3.63) is 59.7 Å². The van der Waals surface area contributed by atoms with Crippen LogP contribution in [0, 0.1) is 12.3 Å². The van der Waals surface area contributed by atoms with Crippen LogP contribution in [0.3, 0.4) is 0 Å². The molecule has 0 aliphatic heterocycles. The molecule has 2 aromatic carbocycles. The summed E-state index contributed by atoms with van der Waals surface area (Å²) in [6, 6.07) is 12.0. The molecular weight excluding hydrogens is 384 g/mol. The van der Waals surface area contributed by atoms with Gasteiger partial charge in [0.2, 0.25) is 5.91 Å². The molecular formula is C23H24N2O5. The monoisotopic (exact) mass is 408 g/mol. The van der Waals surface area contributed by atoms with Crippen LogP contribution in [0.25, 0.3) is 6.08 Å². The number of hydrogen-bond acceptors (Lipinski definition) is 5. The molecule has 0 saturated carbocycles. The minimum absolute atomic E-state index is 0.131. The first kappa shape index (κ1) is 22.5. The maximum absolute atomic E-state index is 12.4. The minimum Gasteiger partial charge on any atom is -0.493 e. The number of terminal acetylenes is 1. The Morgan fingerprint density at radius 1 is 1.13 bits per heavy atom. The van der Waals surface area contributed by atoms with Crippen LogP contribution in [0.2, 0.25) is 0 Å². The molecule has 0 aliphatic carbocycles. The lowest BCUT2D eigenvalue weighted by atomic mass is 10.1. The largest absolute Gasteiger partial charge is 0.493 e. The molecule has 0 aromatic heterocycles. The normalized spacial score (nSPS) is 10.3. The van der Waals surface area contributed by atoms with E-state index in [0.29, 0.717) is 35.9 Å². The first-order valence-corrected chi connectivity index (χ1v) is 9.18. The van der Waals surface area contributed by atoms with Crippen LogP contribution in [-0.2, 0) is 9.53 Å². The van der Waals surface area contributed by atoms with Gasteiger partial charge in [-0.2, -0.15) is 0 Å². The van der Waals surface area contributed by atoms with Crippen LogP contribution in [0.1, 0.15) is 15.9 Å². The number of nitrogens with one attached hydrogen (secondary N) is 2. The van der Waals surface area contributed by atoms with E-state index in [0.717, 1.165) is 5.56 Å². The highest BCUT2D eigenvalue weighted by Crippen LogP contribution is 2.28. The molecule has 0 aliphatic rings. The second-order valence-corrected chi connectivity index (χ2v) is 6.02. The Labute approximate surface area is 176 Å². The Morgan fingerprint density at radius 2 is 1.93 bits per heavy atom. The summed E-state index contributed by atoms with van der Waals surface area (Å²) in [6.07, 6.45) is 8.20. The maximum Gasteiger partial charge on any atom is 0.253 e. The Kier molecular flexibility index (Phi) is 8.97. The Bertz CT molecular complexity index is 947. The molecule has 7 heteroatoms. The first-order chi connectivity index (χ1) is 14.6. The van der Waals surface area contributed by atoms with E-state index >= 15 is 0 Å². The van der Waals surface area contributed by atoms with Gasteiger partial charge in [-0.1, -0.05) is 24.1 Å². The molecule has 0 heterocycles. The van der Waals surface area contributed by atoms with Gasteiger partial charge in [0.25, 0.3) is 5.91 Å².